The predicted octanol–water partition coefficient (Wildman–Crippen LogP) is 6.98. The van der Waals surface area contributed by atoms with Crippen LogP contribution in [0.25, 0.3) is 0 Å². The van der Waals surface area contributed by atoms with Gasteiger partial charge in [0.05, 0.1) is 0 Å². The summed E-state index contributed by atoms with van der Waals surface area (Å²) in [6.07, 6.45) is 29.6. The number of unbranched alkanes of at least 4 members (excludes halogenated alkanes) is 4. The normalized spacial score (nSPS) is 12.4. The number of amides is 1. The molecule has 0 unspecified atom stereocenters. The molecule has 0 saturated heterocycles. The van der Waals surface area contributed by atoms with Crippen LogP contribution in [-0.4, -0.2) is 37.0 Å². The number of carbonyl (C=O) groups excluding carboxylic acids is 1. The van der Waals surface area contributed by atoms with E-state index in [0.717, 1.165) is 64.7 Å². The summed E-state index contributed by atoms with van der Waals surface area (Å²) in [6.45, 7) is 10.6. The van der Waals surface area contributed by atoms with Crippen molar-refractivity contribution >= 4 is 5.91 Å². The molecule has 1 amide bonds. The van der Waals surface area contributed by atoms with E-state index in [1.807, 2.05) is 0 Å². The molecule has 1 N–H and O–H groups in total. The van der Waals surface area contributed by atoms with Crippen LogP contribution in [-0.2, 0) is 4.79 Å². The summed E-state index contributed by atoms with van der Waals surface area (Å²) in [5.74, 6) is 0.186. The van der Waals surface area contributed by atoms with Gasteiger partial charge in [-0.1, -0.05) is 82.2 Å². The third-order valence-corrected chi connectivity index (χ3v) is 5.10. The Morgan fingerprint density at radius 3 is 1.77 bits per heavy atom. The number of hydrogen-bond acceptors (Lipinski definition) is 2. The highest BCUT2D eigenvalue weighted by Gasteiger charge is 2.01. The molecular formula is C27H48N2O. The average molecular weight is 417 g/mol. The number of nitrogens with one attached hydrogen (secondary N) is 1. The van der Waals surface area contributed by atoms with Crippen LogP contribution in [0.1, 0.15) is 91.4 Å². The third-order valence-electron chi connectivity index (χ3n) is 5.10. The fourth-order valence-corrected chi connectivity index (χ4v) is 3.10. The Labute approximate surface area is 187 Å². The Balaban J connectivity index is 3.51. The summed E-state index contributed by atoms with van der Waals surface area (Å²) in [5.41, 5.74) is 0. The van der Waals surface area contributed by atoms with Crippen molar-refractivity contribution in [1.82, 2.24) is 10.2 Å². The molecule has 0 aromatic heterocycles. The van der Waals surface area contributed by atoms with Crippen LogP contribution in [0.2, 0.25) is 0 Å². The van der Waals surface area contributed by atoms with Crippen LogP contribution in [0.5, 0.6) is 0 Å². The Kier molecular flexibility index (Phi) is 22.4. The minimum atomic E-state index is 0.186. The molecule has 0 spiro atoms. The van der Waals surface area contributed by atoms with E-state index < -0.39 is 0 Å². The molecule has 0 fully saturated rings. The van der Waals surface area contributed by atoms with Gasteiger partial charge in [-0.15, -0.1) is 0 Å². The van der Waals surface area contributed by atoms with E-state index in [0.29, 0.717) is 6.42 Å². The van der Waals surface area contributed by atoms with E-state index in [1.54, 1.807) is 0 Å². The van der Waals surface area contributed by atoms with Gasteiger partial charge in [-0.2, -0.15) is 0 Å². The van der Waals surface area contributed by atoms with E-state index in [2.05, 4.69) is 79.6 Å². The molecule has 3 heteroatoms. The smallest absolute Gasteiger partial charge is 0.220 e. The Morgan fingerprint density at radius 1 is 0.700 bits per heavy atom. The first kappa shape index (κ1) is 28.4. The van der Waals surface area contributed by atoms with Gasteiger partial charge in [-0.25, -0.2) is 0 Å². The van der Waals surface area contributed by atoms with E-state index in [9.17, 15) is 4.79 Å². The second kappa shape index (κ2) is 23.7. The van der Waals surface area contributed by atoms with Crippen molar-refractivity contribution in [2.75, 3.05) is 26.2 Å². The third kappa shape index (κ3) is 21.1. The highest BCUT2D eigenvalue weighted by Crippen LogP contribution is 2.01. The molecule has 0 aromatic carbocycles. The zero-order valence-corrected chi connectivity index (χ0v) is 20.1. The van der Waals surface area contributed by atoms with Crippen LogP contribution in [0.4, 0.5) is 0 Å². The van der Waals surface area contributed by atoms with E-state index in [4.69, 9.17) is 0 Å². The molecule has 0 aliphatic carbocycles. The lowest BCUT2D eigenvalue weighted by Crippen LogP contribution is -2.29. The van der Waals surface area contributed by atoms with Gasteiger partial charge in [0.2, 0.25) is 5.91 Å². The molecule has 0 saturated carbocycles. The van der Waals surface area contributed by atoms with Gasteiger partial charge < -0.3 is 10.2 Å². The molecule has 3 nitrogen and oxygen atoms in total. The van der Waals surface area contributed by atoms with Crippen molar-refractivity contribution in [3.05, 3.63) is 48.6 Å². The fraction of sp³-hybridized carbons (Fsp3) is 0.667. The fourth-order valence-electron chi connectivity index (χ4n) is 3.10. The second-order valence-corrected chi connectivity index (χ2v) is 7.71. The van der Waals surface area contributed by atoms with Crippen LogP contribution in [0.15, 0.2) is 48.6 Å². The summed E-state index contributed by atoms with van der Waals surface area (Å²) in [5, 5.41) is 3.03. The first-order valence-corrected chi connectivity index (χ1v) is 12.3. The molecule has 0 aromatic rings. The standard InChI is InChI=1S/C27H48N2O/c1-4-7-8-9-10-11-12-13-14-15-16-17-18-19-20-21-22-24-27(30)28-25-23-26-29(5-2)6-3/h10-11,13-14,16-17,19-20H,4-9,12,15,18,21-26H2,1-3H3,(H,28,30). The highest BCUT2D eigenvalue weighted by molar-refractivity contribution is 5.75. The van der Waals surface area contributed by atoms with Gasteiger partial charge in [0.1, 0.15) is 0 Å². The molecule has 0 rings (SSSR count). The molecule has 0 heterocycles. The first-order chi connectivity index (χ1) is 14.7. The van der Waals surface area contributed by atoms with Gasteiger partial charge >= 0.3 is 0 Å². The molecule has 0 atom stereocenters. The topological polar surface area (TPSA) is 32.3 Å². The molecule has 0 aliphatic heterocycles. The maximum absolute atomic E-state index is 11.8. The van der Waals surface area contributed by atoms with Gasteiger partial charge in [0.15, 0.2) is 0 Å². The Morgan fingerprint density at radius 2 is 1.23 bits per heavy atom. The second-order valence-electron chi connectivity index (χ2n) is 7.71. The lowest BCUT2D eigenvalue weighted by molar-refractivity contribution is -0.121. The van der Waals surface area contributed by atoms with Crippen LogP contribution in [0, 0.1) is 0 Å². The first-order valence-electron chi connectivity index (χ1n) is 12.3. The summed E-state index contributed by atoms with van der Waals surface area (Å²) >= 11 is 0. The maximum atomic E-state index is 11.8. The van der Waals surface area contributed by atoms with Gasteiger partial charge in [0.25, 0.3) is 0 Å². The lowest BCUT2D eigenvalue weighted by Gasteiger charge is -2.17. The molecule has 0 bridgehead atoms. The van der Waals surface area contributed by atoms with Gasteiger partial charge in [0, 0.05) is 13.0 Å². The van der Waals surface area contributed by atoms with Crippen molar-refractivity contribution in [2.24, 2.45) is 0 Å². The summed E-state index contributed by atoms with van der Waals surface area (Å²) in [7, 11) is 0. The predicted molar refractivity (Wildman–Crippen MR) is 134 cm³/mol. The largest absolute Gasteiger partial charge is 0.356 e. The molecular weight excluding hydrogens is 368 g/mol. The summed E-state index contributed by atoms with van der Waals surface area (Å²) < 4.78 is 0. The quantitative estimate of drug-likeness (QED) is 0.171. The number of allylic oxidation sites excluding steroid dienone is 8. The molecule has 0 radical (unpaired) electrons. The Hall–Kier alpha value is -1.61. The van der Waals surface area contributed by atoms with Crippen LogP contribution < -0.4 is 5.32 Å². The SMILES string of the molecule is CCCCCC=CCC=CCC=CCC=CCCCC(=O)NCCCN(CC)CC. The number of hydrogen-bond donors (Lipinski definition) is 1. The van der Waals surface area contributed by atoms with E-state index >= 15 is 0 Å². The van der Waals surface area contributed by atoms with Gasteiger partial charge in [-0.3, -0.25) is 4.79 Å². The van der Waals surface area contributed by atoms with E-state index in [-0.39, 0.29) is 5.91 Å². The van der Waals surface area contributed by atoms with Crippen LogP contribution >= 0.6 is 0 Å². The van der Waals surface area contributed by atoms with Crippen molar-refractivity contribution in [3.63, 3.8) is 0 Å². The lowest BCUT2D eigenvalue weighted by atomic mass is 10.2. The van der Waals surface area contributed by atoms with E-state index in [1.165, 1.54) is 25.7 Å². The summed E-state index contributed by atoms with van der Waals surface area (Å²) in [4.78, 5) is 14.2. The molecule has 0 aliphatic rings. The number of rotatable bonds is 20. The van der Waals surface area contributed by atoms with Crippen LogP contribution in [0.3, 0.4) is 0 Å². The summed E-state index contributed by atoms with van der Waals surface area (Å²) in [6, 6.07) is 0. The zero-order valence-electron chi connectivity index (χ0n) is 20.1. The average Bonchev–Trinajstić information content (AvgIpc) is 2.76. The minimum Gasteiger partial charge on any atom is -0.356 e. The molecule has 30 heavy (non-hydrogen) atoms. The van der Waals surface area contributed by atoms with Crippen molar-refractivity contribution in [2.45, 2.75) is 91.4 Å². The van der Waals surface area contributed by atoms with Crippen molar-refractivity contribution < 1.29 is 4.79 Å². The molecule has 172 valence electrons. The minimum absolute atomic E-state index is 0.186. The van der Waals surface area contributed by atoms with Crippen molar-refractivity contribution in [1.29, 1.82) is 0 Å². The van der Waals surface area contributed by atoms with Crippen molar-refractivity contribution in [3.8, 4) is 0 Å². The maximum Gasteiger partial charge on any atom is 0.220 e. The highest BCUT2D eigenvalue weighted by atomic mass is 16.1. The zero-order chi connectivity index (χ0) is 22.1. The number of carbonyl (C=O) groups is 1. The monoisotopic (exact) mass is 416 g/mol. The number of nitrogens with zero attached hydrogens (tertiary/aromatic N) is 1. The van der Waals surface area contributed by atoms with Gasteiger partial charge in [-0.05, 0) is 71.0 Å². The Bertz CT molecular complexity index is 487.